The lowest BCUT2D eigenvalue weighted by atomic mass is 10.4. The van der Waals surface area contributed by atoms with Crippen molar-refractivity contribution in [3.8, 4) is 0 Å². The normalized spacial score (nSPS) is 11.9. The second-order valence-electron chi connectivity index (χ2n) is 3.86. The summed E-state index contributed by atoms with van der Waals surface area (Å²) in [5, 5.41) is 2.75. The van der Waals surface area contributed by atoms with Gasteiger partial charge in [-0.1, -0.05) is 6.08 Å². The molecule has 0 unspecified atom stereocenters. The second-order valence-corrected chi connectivity index (χ2v) is 6.53. The molecule has 0 radical (unpaired) electrons. The number of sulfone groups is 1. The van der Waals surface area contributed by atoms with Gasteiger partial charge < -0.3 is 10.1 Å². The summed E-state index contributed by atoms with van der Waals surface area (Å²) >= 11 is 0. The number of ether oxygens (including phenoxy) is 1. The molecule has 5 heteroatoms. The Morgan fingerprint density at radius 1 is 1.31 bits per heavy atom. The molecule has 96 valence electrons. The second kappa shape index (κ2) is 8.73. The van der Waals surface area contributed by atoms with Gasteiger partial charge in [-0.2, -0.15) is 0 Å². The first-order valence-electron chi connectivity index (χ1n) is 5.61. The van der Waals surface area contributed by atoms with E-state index in [-0.39, 0.29) is 11.0 Å². The van der Waals surface area contributed by atoms with E-state index >= 15 is 0 Å². The summed E-state index contributed by atoms with van der Waals surface area (Å²) in [7, 11) is -2.92. The van der Waals surface area contributed by atoms with E-state index in [2.05, 4.69) is 11.9 Å². The molecular weight excluding hydrogens is 226 g/mol. The predicted molar refractivity (Wildman–Crippen MR) is 67.4 cm³/mol. The number of hydrogen-bond donors (Lipinski definition) is 1. The Morgan fingerprint density at radius 3 is 2.56 bits per heavy atom. The van der Waals surface area contributed by atoms with E-state index < -0.39 is 9.84 Å². The van der Waals surface area contributed by atoms with Gasteiger partial charge in [0.1, 0.15) is 0 Å². The van der Waals surface area contributed by atoms with Crippen LogP contribution in [0.15, 0.2) is 12.7 Å². The van der Waals surface area contributed by atoms with Crippen molar-refractivity contribution in [2.45, 2.75) is 25.5 Å². The minimum atomic E-state index is -2.92. The van der Waals surface area contributed by atoms with Gasteiger partial charge in [-0.3, -0.25) is 0 Å². The molecular formula is C11H23NO3S. The van der Waals surface area contributed by atoms with Crippen molar-refractivity contribution in [1.29, 1.82) is 0 Å². The summed E-state index contributed by atoms with van der Waals surface area (Å²) in [6.45, 7) is 9.45. The highest BCUT2D eigenvalue weighted by molar-refractivity contribution is 7.92. The van der Waals surface area contributed by atoms with Crippen LogP contribution in [0.3, 0.4) is 0 Å². The summed E-state index contributed by atoms with van der Waals surface area (Å²) in [4.78, 5) is 0. The molecule has 0 fully saturated rings. The van der Waals surface area contributed by atoms with Gasteiger partial charge in [0.15, 0.2) is 9.84 Å². The zero-order chi connectivity index (χ0) is 12.4. The Morgan fingerprint density at radius 2 is 2.00 bits per heavy atom. The van der Waals surface area contributed by atoms with Crippen molar-refractivity contribution >= 4 is 9.84 Å². The van der Waals surface area contributed by atoms with Crippen molar-refractivity contribution in [2.75, 3.05) is 32.1 Å². The summed E-state index contributed by atoms with van der Waals surface area (Å²) in [5.41, 5.74) is 0. The third-order valence-electron chi connectivity index (χ3n) is 2.17. The topological polar surface area (TPSA) is 55.4 Å². The van der Waals surface area contributed by atoms with Crippen LogP contribution in [0.25, 0.3) is 0 Å². The molecule has 0 saturated heterocycles. The van der Waals surface area contributed by atoms with Crippen LogP contribution in [0.1, 0.15) is 20.3 Å². The van der Waals surface area contributed by atoms with Crippen molar-refractivity contribution in [1.82, 2.24) is 5.32 Å². The first-order chi connectivity index (χ1) is 7.50. The third kappa shape index (κ3) is 7.84. The fourth-order valence-corrected chi connectivity index (χ4v) is 1.89. The molecule has 0 saturated carbocycles. The fraction of sp³-hybridized carbons (Fsp3) is 0.818. The van der Waals surface area contributed by atoms with Crippen LogP contribution in [-0.2, 0) is 14.6 Å². The highest BCUT2D eigenvalue weighted by Crippen LogP contribution is 1.98. The molecule has 0 aliphatic rings. The van der Waals surface area contributed by atoms with Crippen LogP contribution in [0.5, 0.6) is 0 Å². The Bertz CT molecular complexity index is 273. The van der Waals surface area contributed by atoms with Crippen molar-refractivity contribution < 1.29 is 13.2 Å². The molecule has 0 spiro atoms. The maximum Gasteiger partial charge on any atom is 0.153 e. The average Bonchev–Trinajstić information content (AvgIpc) is 2.21. The Balaban J connectivity index is 3.37. The largest absolute Gasteiger partial charge is 0.380 e. The first kappa shape index (κ1) is 15.6. The standard InChI is InChI=1S/C11H23NO3S/c1-4-5-8-15-9-6-12-7-10-16(13,14)11(2)3/h4,11-12H,1,5-10H2,2-3H3. The van der Waals surface area contributed by atoms with Crippen LogP contribution in [0.4, 0.5) is 0 Å². The van der Waals surface area contributed by atoms with Gasteiger partial charge in [-0.05, 0) is 20.3 Å². The lowest BCUT2D eigenvalue weighted by Crippen LogP contribution is -2.29. The highest BCUT2D eigenvalue weighted by Gasteiger charge is 2.14. The molecule has 0 amide bonds. The summed E-state index contributed by atoms with van der Waals surface area (Å²) in [5.74, 6) is 0.192. The van der Waals surface area contributed by atoms with Gasteiger partial charge in [0.25, 0.3) is 0 Å². The van der Waals surface area contributed by atoms with E-state index in [1.54, 1.807) is 13.8 Å². The molecule has 0 atom stereocenters. The molecule has 16 heavy (non-hydrogen) atoms. The maximum absolute atomic E-state index is 11.4. The minimum Gasteiger partial charge on any atom is -0.380 e. The molecule has 0 heterocycles. The molecule has 0 aliphatic carbocycles. The Labute approximate surface area is 99.0 Å². The quantitative estimate of drug-likeness (QED) is 0.463. The summed E-state index contributed by atoms with van der Waals surface area (Å²) in [6, 6.07) is 0. The van der Waals surface area contributed by atoms with Crippen molar-refractivity contribution in [3.05, 3.63) is 12.7 Å². The Kier molecular flexibility index (Phi) is 8.51. The van der Waals surface area contributed by atoms with Gasteiger partial charge in [0, 0.05) is 13.1 Å². The van der Waals surface area contributed by atoms with Crippen LogP contribution < -0.4 is 5.32 Å². The zero-order valence-electron chi connectivity index (χ0n) is 10.2. The van der Waals surface area contributed by atoms with Crippen molar-refractivity contribution in [2.24, 2.45) is 0 Å². The molecule has 0 aliphatic heterocycles. The SMILES string of the molecule is C=CCCOCCNCCS(=O)(=O)C(C)C. The average molecular weight is 249 g/mol. The highest BCUT2D eigenvalue weighted by atomic mass is 32.2. The van der Waals surface area contributed by atoms with Gasteiger partial charge in [0.2, 0.25) is 0 Å². The minimum absolute atomic E-state index is 0.192. The number of rotatable bonds is 10. The zero-order valence-corrected chi connectivity index (χ0v) is 11.1. The van der Waals surface area contributed by atoms with E-state index in [1.165, 1.54) is 0 Å². The maximum atomic E-state index is 11.4. The Hall–Kier alpha value is -0.390. The van der Waals surface area contributed by atoms with Gasteiger partial charge in [-0.15, -0.1) is 6.58 Å². The molecule has 0 bridgehead atoms. The summed E-state index contributed by atoms with van der Waals surface area (Å²) < 4.78 is 28.1. The van der Waals surface area contributed by atoms with Crippen LogP contribution >= 0.6 is 0 Å². The first-order valence-corrected chi connectivity index (χ1v) is 7.33. The van der Waals surface area contributed by atoms with Crippen LogP contribution in [0, 0.1) is 0 Å². The number of nitrogens with one attached hydrogen (secondary N) is 1. The molecule has 0 aromatic heterocycles. The number of hydrogen-bond acceptors (Lipinski definition) is 4. The lowest BCUT2D eigenvalue weighted by molar-refractivity contribution is 0.141. The van der Waals surface area contributed by atoms with E-state index in [1.807, 2.05) is 6.08 Å². The van der Waals surface area contributed by atoms with Gasteiger partial charge in [-0.25, -0.2) is 8.42 Å². The molecule has 4 nitrogen and oxygen atoms in total. The summed E-state index contributed by atoms with van der Waals surface area (Å²) in [6.07, 6.45) is 2.66. The van der Waals surface area contributed by atoms with E-state index in [4.69, 9.17) is 4.74 Å². The smallest absolute Gasteiger partial charge is 0.153 e. The van der Waals surface area contributed by atoms with Gasteiger partial charge in [0.05, 0.1) is 24.2 Å². The van der Waals surface area contributed by atoms with Crippen LogP contribution in [0.2, 0.25) is 0 Å². The third-order valence-corrected chi connectivity index (χ3v) is 4.38. The molecule has 0 rings (SSSR count). The van der Waals surface area contributed by atoms with Crippen molar-refractivity contribution in [3.63, 3.8) is 0 Å². The molecule has 1 N–H and O–H groups in total. The molecule has 0 aromatic carbocycles. The van der Waals surface area contributed by atoms with E-state index in [0.717, 1.165) is 6.42 Å². The van der Waals surface area contributed by atoms with E-state index in [0.29, 0.717) is 26.3 Å². The van der Waals surface area contributed by atoms with E-state index in [9.17, 15) is 8.42 Å². The van der Waals surface area contributed by atoms with Crippen LogP contribution in [-0.4, -0.2) is 45.7 Å². The fourth-order valence-electron chi connectivity index (χ4n) is 0.988. The van der Waals surface area contributed by atoms with Gasteiger partial charge >= 0.3 is 0 Å². The molecule has 0 aromatic rings. The monoisotopic (exact) mass is 249 g/mol. The predicted octanol–water partition coefficient (Wildman–Crippen LogP) is 0.992. The lowest BCUT2D eigenvalue weighted by Gasteiger charge is -2.08.